The quantitative estimate of drug-likeness (QED) is 0.139. The molecule has 0 fully saturated rings. The molecular weight excluding hydrogens is 468 g/mol. The molecule has 0 aliphatic carbocycles. The van der Waals surface area contributed by atoms with Crippen LogP contribution in [-0.4, -0.2) is 24.5 Å². The minimum Gasteiger partial charge on any atom is -0.489 e. The monoisotopic (exact) mass is 512 g/mol. The smallest absolute Gasteiger partial charge is 0.306 e. The van der Waals surface area contributed by atoms with Crippen molar-refractivity contribution in [3.05, 3.63) is 23.8 Å². The molecule has 1 aromatic carbocycles. The van der Waals surface area contributed by atoms with Gasteiger partial charge in [-0.15, -0.1) is 0 Å². The van der Waals surface area contributed by atoms with Gasteiger partial charge < -0.3 is 14.2 Å². The van der Waals surface area contributed by atoms with Gasteiger partial charge in [-0.05, 0) is 48.8 Å². The minimum atomic E-state index is -0.167. The zero-order valence-electron chi connectivity index (χ0n) is 20.8. The lowest BCUT2D eigenvalue weighted by molar-refractivity contribution is -0.144. The third-order valence-corrected chi connectivity index (χ3v) is 6.52. The van der Waals surface area contributed by atoms with E-state index in [0.717, 1.165) is 41.7 Å². The minimum absolute atomic E-state index is 0.167. The van der Waals surface area contributed by atoms with Crippen molar-refractivity contribution < 1.29 is 19.0 Å². The number of halogens is 1. The number of carbonyl (C=O) groups excluding carboxylic acids is 1. The molecule has 5 heteroatoms. The van der Waals surface area contributed by atoms with Crippen LogP contribution in [0.1, 0.15) is 97.5 Å². The summed E-state index contributed by atoms with van der Waals surface area (Å²) in [6, 6.07) is 5.92. The summed E-state index contributed by atoms with van der Waals surface area (Å²) in [5.74, 6) is 2.49. The molecule has 4 nitrogen and oxygen atoms in total. The summed E-state index contributed by atoms with van der Waals surface area (Å²) in [7, 11) is 0. The largest absolute Gasteiger partial charge is 0.489 e. The van der Waals surface area contributed by atoms with Crippen LogP contribution in [0.5, 0.6) is 11.5 Å². The van der Waals surface area contributed by atoms with Crippen molar-refractivity contribution in [2.45, 2.75) is 98.5 Å². The Morgan fingerprint density at radius 2 is 1.47 bits per heavy atom. The number of unbranched alkanes of at least 4 members (excludes halogenated alkanes) is 2. The molecule has 1 rings (SSSR count). The summed E-state index contributed by atoms with van der Waals surface area (Å²) in [4.78, 5) is 11.9. The van der Waals surface area contributed by atoms with E-state index in [1.807, 2.05) is 18.2 Å². The molecule has 0 saturated heterocycles. The van der Waals surface area contributed by atoms with E-state index in [1.54, 1.807) is 0 Å². The lowest BCUT2D eigenvalue weighted by atomic mass is 10.0. The van der Waals surface area contributed by atoms with Crippen molar-refractivity contribution in [3.63, 3.8) is 0 Å². The SMILES string of the molecule is CCCCC(CC)COc1ccc(COC(=O)CCCBr)cc1OCC(CC)CCCC. The molecule has 0 heterocycles. The normalized spacial score (nSPS) is 12.9. The van der Waals surface area contributed by atoms with E-state index in [2.05, 4.69) is 43.6 Å². The standard InChI is InChI=1S/C27H45BrO4/c1-5-9-12-22(7-3)19-30-25-16-15-24(21-32-27(29)14-11-17-28)18-26(25)31-20-23(8-4)13-10-6-2/h15-16,18,22-23H,5-14,17,19-21H2,1-4H3. The topological polar surface area (TPSA) is 44.8 Å². The van der Waals surface area contributed by atoms with Crippen molar-refractivity contribution >= 4 is 21.9 Å². The van der Waals surface area contributed by atoms with Gasteiger partial charge in [0, 0.05) is 11.8 Å². The van der Waals surface area contributed by atoms with Gasteiger partial charge in [0.2, 0.25) is 0 Å². The van der Waals surface area contributed by atoms with Crippen LogP contribution in [0.25, 0.3) is 0 Å². The molecule has 2 atom stereocenters. The Bertz CT molecular complexity index is 620. The van der Waals surface area contributed by atoms with E-state index in [0.29, 0.717) is 31.5 Å². The Balaban J connectivity index is 2.84. The highest BCUT2D eigenvalue weighted by molar-refractivity contribution is 9.09. The number of rotatable bonds is 19. The molecule has 0 N–H and O–H groups in total. The van der Waals surface area contributed by atoms with Crippen molar-refractivity contribution in [1.82, 2.24) is 0 Å². The van der Waals surface area contributed by atoms with Crippen LogP contribution in [0.2, 0.25) is 0 Å². The number of hydrogen-bond acceptors (Lipinski definition) is 4. The van der Waals surface area contributed by atoms with Crippen LogP contribution in [0, 0.1) is 11.8 Å². The van der Waals surface area contributed by atoms with Gasteiger partial charge in [-0.3, -0.25) is 4.79 Å². The third kappa shape index (κ3) is 12.1. The van der Waals surface area contributed by atoms with E-state index in [4.69, 9.17) is 14.2 Å². The Morgan fingerprint density at radius 3 is 2.00 bits per heavy atom. The Morgan fingerprint density at radius 1 is 0.875 bits per heavy atom. The molecule has 1 aromatic rings. The molecular formula is C27H45BrO4. The van der Waals surface area contributed by atoms with Gasteiger partial charge in [-0.2, -0.15) is 0 Å². The molecule has 0 amide bonds. The van der Waals surface area contributed by atoms with Gasteiger partial charge in [0.25, 0.3) is 0 Å². The van der Waals surface area contributed by atoms with Crippen LogP contribution in [0.3, 0.4) is 0 Å². The van der Waals surface area contributed by atoms with Gasteiger partial charge in [0.05, 0.1) is 13.2 Å². The Labute approximate surface area is 204 Å². The molecule has 0 aliphatic rings. The van der Waals surface area contributed by atoms with Crippen LogP contribution >= 0.6 is 15.9 Å². The first-order valence-corrected chi connectivity index (χ1v) is 13.8. The van der Waals surface area contributed by atoms with Crippen LogP contribution in [-0.2, 0) is 16.1 Å². The maximum absolute atomic E-state index is 11.9. The second kappa shape index (κ2) is 18.2. The molecule has 2 unspecified atom stereocenters. The van der Waals surface area contributed by atoms with E-state index in [1.165, 1.54) is 38.5 Å². The highest BCUT2D eigenvalue weighted by Crippen LogP contribution is 2.31. The fraction of sp³-hybridized carbons (Fsp3) is 0.741. The number of benzene rings is 1. The molecule has 0 aliphatic heterocycles. The summed E-state index contributed by atoms with van der Waals surface area (Å²) in [5.41, 5.74) is 0.930. The molecule has 0 spiro atoms. The number of carbonyl (C=O) groups is 1. The van der Waals surface area contributed by atoms with Crippen molar-refractivity contribution in [2.24, 2.45) is 11.8 Å². The van der Waals surface area contributed by atoms with Crippen LogP contribution in [0.15, 0.2) is 18.2 Å². The summed E-state index contributed by atoms with van der Waals surface area (Å²) in [5, 5.41) is 0.805. The summed E-state index contributed by atoms with van der Waals surface area (Å²) in [6.45, 7) is 10.6. The Hall–Kier alpha value is -1.23. The second-order valence-corrected chi connectivity index (χ2v) is 9.48. The highest BCUT2D eigenvalue weighted by atomic mass is 79.9. The first-order valence-electron chi connectivity index (χ1n) is 12.7. The number of esters is 1. The van der Waals surface area contributed by atoms with Gasteiger partial charge in [-0.25, -0.2) is 0 Å². The maximum atomic E-state index is 11.9. The van der Waals surface area contributed by atoms with E-state index < -0.39 is 0 Å². The van der Waals surface area contributed by atoms with E-state index >= 15 is 0 Å². The molecule has 32 heavy (non-hydrogen) atoms. The third-order valence-electron chi connectivity index (χ3n) is 5.96. The van der Waals surface area contributed by atoms with Crippen molar-refractivity contribution in [1.29, 1.82) is 0 Å². The first-order chi connectivity index (χ1) is 15.6. The van der Waals surface area contributed by atoms with Crippen molar-refractivity contribution in [3.8, 4) is 11.5 Å². The maximum Gasteiger partial charge on any atom is 0.306 e. The number of ether oxygens (including phenoxy) is 3. The molecule has 0 saturated carbocycles. The molecule has 0 radical (unpaired) electrons. The summed E-state index contributed by atoms with van der Waals surface area (Å²) >= 11 is 3.35. The molecule has 0 aromatic heterocycles. The highest BCUT2D eigenvalue weighted by Gasteiger charge is 2.14. The predicted molar refractivity (Wildman–Crippen MR) is 137 cm³/mol. The number of hydrogen-bond donors (Lipinski definition) is 0. The predicted octanol–water partition coefficient (Wildman–Crippen LogP) is 8.10. The number of alkyl halides is 1. The fourth-order valence-electron chi connectivity index (χ4n) is 3.53. The lowest BCUT2D eigenvalue weighted by Gasteiger charge is -2.20. The zero-order valence-corrected chi connectivity index (χ0v) is 22.4. The zero-order chi connectivity index (χ0) is 23.6. The van der Waals surface area contributed by atoms with Crippen LogP contribution < -0.4 is 9.47 Å². The molecule has 184 valence electrons. The second-order valence-electron chi connectivity index (χ2n) is 8.69. The average Bonchev–Trinajstić information content (AvgIpc) is 2.82. The fourth-order valence-corrected chi connectivity index (χ4v) is 3.81. The van der Waals surface area contributed by atoms with Gasteiger partial charge in [-0.1, -0.05) is 88.2 Å². The summed E-state index contributed by atoms with van der Waals surface area (Å²) in [6.07, 6.45) is 10.7. The summed E-state index contributed by atoms with van der Waals surface area (Å²) < 4.78 is 17.9. The van der Waals surface area contributed by atoms with E-state index in [9.17, 15) is 4.79 Å². The van der Waals surface area contributed by atoms with Crippen LogP contribution in [0.4, 0.5) is 0 Å². The molecule has 0 bridgehead atoms. The van der Waals surface area contributed by atoms with Crippen molar-refractivity contribution in [2.75, 3.05) is 18.5 Å². The van der Waals surface area contributed by atoms with E-state index in [-0.39, 0.29) is 12.6 Å². The Kier molecular flexibility index (Phi) is 16.4. The van der Waals surface area contributed by atoms with Gasteiger partial charge >= 0.3 is 5.97 Å². The average molecular weight is 514 g/mol. The lowest BCUT2D eigenvalue weighted by Crippen LogP contribution is -2.14. The van der Waals surface area contributed by atoms with Gasteiger partial charge in [0.15, 0.2) is 11.5 Å². The van der Waals surface area contributed by atoms with Gasteiger partial charge in [0.1, 0.15) is 6.61 Å². The first kappa shape index (κ1) is 28.8.